The number of ether oxygens (including phenoxy) is 1. The minimum absolute atomic E-state index is 0.145. The van der Waals surface area contributed by atoms with Crippen molar-refractivity contribution in [1.29, 1.82) is 0 Å². The van der Waals surface area contributed by atoms with Gasteiger partial charge >= 0.3 is 0 Å². The standard InChI is InChI=1S/C15H15BrN2O2/c1-20-12-4-2-3-10(7-12)9-18-15(19)11-5-6-14(17)13(16)8-11/h2-8H,9,17H2,1H3,(H,18,19). The van der Waals surface area contributed by atoms with E-state index >= 15 is 0 Å². The molecular weight excluding hydrogens is 320 g/mol. The average molecular weight is 335 g/mol. The third kappa shape index (κ3) is 3.51. The van der Waals surface area contributed by atoms with Crippen LogP contribution >= 0.6 is 15.9 Å². The number of halogens is 1. The molecule has 0 atom stereocenters. The second kappa shape index (κ2) is 6.43. The van der Waals surface area contributed by atoms with E-state index in [4.69, 9.17) is 10.5 Å². The van der Waals surface area contributed by atoms with Crippen molar-refractivity contribution in [3.8, 4) is 5.75 Å². The first-order valence-electron chi connectivity index (χ1n) is 6.06. The van der Waals surface area contributed by atoms with Gasteiger partial charge < -0.3 is 15.8 Å². The summed E-state index contributed by atoms with van der Waals surface area (Å²) in [6.45, 7) is 0.442. The van der Waals surface area contributed by atoms with Crippen LogP contribution in [-0.4, -0.2) is 13.0 Å². The highest BCUT2D eigenvalue weighted by Gasteiger charge is 2.07. The molecule has 3 N–H and O–H groups in total. The molecule has 0 aliphatic rings. The Kier molecular flexibility index (Phi) is 4.63. The van der Waals surface area contributed by atoms with Crippen molar-refractivity contribution in [2.45, 2.75) is 6.54 Å². The van der Waals surface area contributed by atoms with Gasteiger partial charge in [0.2, 0.25) is 0 Å². The Morgan fingerprint density at radius 3 is 2.80 bits per heavy atom. The SMILES string of the molecule is COc1cccc(CNC(=O)c2ccc(N)c(Br)c2)c1. The Hall–Kier alpha value is -2.01. The number of amides is 1. The van der Waals surface area contributed by atoms with Crippen molar-refractivity contribution in [3.63, 3.8) is 0 Å². The summed E-state index contributed by atoms with van der Waals surface area (Å²) < 4.78 is 5.86. The summed E-state index contributed by atoms with van der Waals surface area (Å²) in [5.74, 6) is 0.625. The van der Waals surface area contributed by atoms with E-state index in [9.17, 15) is 4.79 Å². The Morgan fingerprint density at radius 2 is 2.10 bits per heavy atom. The highest BCUT2D eigenvalue weighted by molar-refractivity contribution is 9.10. The number of benzene rings is 2. The molecule has 0 heterocycles. The number of anilines is 1. The van der Waals surface area contributed by atoms with Crippen molar-refractivity contribution < 1.29 is 9.53 Å². The lowest BCUT2D eigenvalue weighted by Gasteiger charge is -2.08. The second-order valence-corrected chi connectivity index (χ2v) is 5.12. The Balaban J connectivity index is 2.02. The van der Waals surface area contributed by atoms with Crippen molar-refractivity contribution in [2.24, 2.45) is 0 Å². The molecule has 2 rings (SSSR count). The molecule has 0 saturated carbocycles. The largest absolute Gasteiger partial charge is 0.497 e. The summed E-state index contributed by atoms with van der Waals surface area (Å²) >= 11 is 3.31. The smallest absolute Gasteiger partial charge is 0.251 e. The van der Waals surface area contributed by atoms with E-state index in [1.165, 1.54) is 0 Å². The molecule has 0 radical (unpaired) electrons. The van der Waals surface area contributed by atoms with E-state index in [0.717, 1.165) is 11.3 Å². The normalized spacial score (nSPS) is 10.1. The topological polar surface area (TPSA) is 64.3 Å². The summed E-state index contributed by atoms with van der Waals surface area (Å²) in [4.78, 5) is 12.0. The predicted molar refractivity (Wildman–Crippen MR) is 82.7 cm³/mol. The van der Waals surface area contributed by atoms with Crippen molar-refractivity contribution in [2.75, 3.05) is 12.8 Å². The van der Waals surface area contributed by atoms with Crippen LogP contribution in [0.1, 0.15) is 15.9 Å². The fraction of sp³-hybridized carbons (Fsp3) is 0.133. The molecule has 0 unspecified atom stereocenters. The molecule has 2 aromatic rings. The molecular formula is C15H15BrN2O2. The van der Waals surface area contributed by atoms with Crippen LogP contribution in [0.4, 0.5) is 5.69 Å². The first-order valence-corrected chi connectivity index (χ1v) is 6.85. The minimum atomic E-state index is -0.145. The molecule has 0 spiro atoms. The summed E-state index contributed by atoms with van der Waals surface area (Å²) in [6.07, 6.45) is 0. The van der Waals surface area contributed by atoms with E-state index < -0.39 is 0 Å². The van der Waals surface area contributed by atoms with Crippen LogP contribution in [0.2, 0.25) is 0 Å². The molecule has 20 heavy (non-hydrogen) atoms. The summed E-state index contributed by atoms with van der Waals surface area (Å²) in [6, 6.07) is 12.7. The maximum atomic E-state index is 12.0. The van der Waals surface area contributed by atoms with Gasteiger partial charge in [-0.05, 0) is 51.8 Å². The van der Waals surface area contributed by atoms with Crippen LogP contribution < -0.4 is 15.8 Å². The quantitative estimate of drug-likeness (QED) is 0.845. The van der Waals surface area contributed by atoms with Crippen LogP contribution in [0.15, 0.2) is 46.9 Å². The van der Waals surface area contributed by atoms with Gasteiger partial charge in [-0.15, -0.1) is 0 Å². The number of hydrogen-bond acceptors (Lipinski definition) is 3. The van der Waals surface area contributed by atoms with Gasteiger partial charge in [0.05, 0.1) is 7.11 Å². The fourth-order valence-corrected chi connectivity index (χ4v) is 2.11. The molecule has 0 saturated heterocycles. The van der Waals surface area contributed by atoms with Crippen molar-refractivity contribution in [3.05, 3.63) is 58.1 Å². The van der Waals surface area contributed by atoms with E-state index in [-0.39, 0.29) is 5.91 Å². The van der Waals surface area contributed by atoms with Gasteiger partial charge in [0.15, 0.2) is 0 Å². The van der Waals surface area contributed by atoms with Gasteiger partial charge in [0, 0.05) is 22.3 Å². The van der Waals surface area contributed by atoms with Crippen LogP contribution in [0.3, 0.4) is 0 Å². The summed E-state index contributed by atoms with van der Waals surface area (Å²) in [5.41, 5.74) is 7.84. The number of carbonyl (C=O) groups excluding carboxylic acids is 1. The lowest BCUT2D eigenvalue weighted by atomic mass is 10.1. The Bertz CT molecular complexity index is 629. The first kappa shape index (κ1) is 14.4. The van der Waals surface area contributed by atoms with E-state index in [0.29, 0.717) is 22.3 Å². The van der Waals surface area contributed by atoms with Crippen LogP contribution in [0, 0.1) is 0 Å². The zero-order chi connectivity index (χ0) is 14.5. The second-order valence-electron chi connectivity index (χ2n) is 4.27. The highest BCUT2D eigenvalue weighted by Crippen LogP contribution is 2.20. The van der Waals surface area contributed by atoms with Gasteiger partial charge in [-0.25, -0.2) is 0 Å². The predicted octanol–water partition coefficient (Wildman–Crippen LogP) is 2.97. The Morgan fingerprint density at radius 1 is 1.30 bits per heavy atom. The van der Waals surface area contributed by atoms with Crippen LogP contribution in [0.25, 0.3) is 0 Å². The summed E-state index contributed by atoms with van der Waals surface area (Å²) in [7, 11) is 1.61. The molecule has 4 nitrogen and oxygen atoms in total. The number of methoxy groups -OCH3 is 1. The molecule has 0 fully saturated rings. The number of rotatable bonds is 4. The number of nitrogens with two attached hydrogens (primary N) is 1. The highest BCUT2D eigenvalue weighted by atomic mass is 79.9. The molecule has 104 valence electrons. The zero-order valence-electron chi connectivity index (χ0n) is 11.0. The molecule has 0 aliphatic carbocycles. The molecule has 0 aliphatic heterocycles. The first-order chi connectivity index (χ1) is 9.60. The Labute approximate surface area is 126 Å². The molecule has 0 aromatic heterocycles. The van der Waals surface area contributed by atoms with Gasteiger partial charge in [0.25, 0.3) is 5.91 Å². The number of hydrogen-bond donors (Lipinski definition) is 2. The molecule has 0 bridgehead atoms. The summed E-state index contributed by atoms with van der Waals surface area (Å²) in [5, 5.41) is 2.86. The van der Waals surface area contributed by atoms with Crippen molar-refractivity contribution in [1.82, 2.24) is 5.32 Å². The van der Waals surface area contributed by atoms with E-state index in [1.54, 1.807) is 25.3 Å². The number of carbonyl (C=O) groups is 1. The maximum absolute atomic E-state index is 12.0. The van der Waals surface area contributed by atoms with Crippen molar-refractivity contribution >= 4 is 27.5 Å². The average Bonchev–Trinajstić information content (AvgIpc) is 2.47. The van der Waals surface area contributed by atoms with Crippen LogP contribution in [0.5, 0.6) is 5.75 Å². The lowest BCUT2D eigenvalue weighted by Crippen LogP contribution is -2.22. The maximum Gasteiger partial charge on any atom is 0.251 e. The van der Waals surface area contributed by atoms with E-state index in [1.807, 2.05) is 24.3 Å². The monoisotopic (exact) mass is 334 g/mol. The van der Waals surface area contributed by atoms with E-state index in [2.05, 4.69) is 21.2 Å². The van der Waals surface area contributed by atoms with Gasteiger partial charge in [-0.3, -0.25) is 4.79 Å². The zero-order valence-corrected chi connectivity index (χ0v) is 12.6. The molecule has 1 amide bonds. The molecule has 5 heteroatoms. The number of nitrogen functional groups attached to an aromatic ring is 1. The fourth-order valence-electron chi connectivity index (χ4n) is 1.74. The van der Waals surface area contributed by atoms with Crippen LogP contribution in [-0.2, 0) is 6.54 Å². The lowest BCUT2D eigenvalue weighted by molar-refractivity contribution is 0.0951. The van der Waals surface area contributed by atoms with Gasteiger partial charge in [0.1, 0.15) is 5.75 Å². The third-order valence-corrected chi connectivity index (χ3v) is 3.54. The number of nitrogens with one attached hydrogen (secondary N) is 1. The van der Waals surface area contributed by atoms with Gasteiger partial charge in [-0.1, -0.05) is 12.1 Å². The molecule has 2 aromatic carbocycles. The minimum Gasteiger partial charge on any atom is -0.497 e. The van der Waals surface area contributed by atoms with Gasteiger partial charge in [-0.2, -0.15) is 0 Å². The third-order valence-electron chi connectivity index (χ3n) is 2.85.